The van der Waals surface area contributed by atoms with Crippen LogP contribution in [0.2, 0.25) is 0 Å². The number of anilines is 3. The van der Waals surface area contributed by atoms with Crippen LogP contribution in [0, 0.1) is 5.82 Å². The Morgan fingerprint density at radius 1 is 0.793 bits per heavy atom. The van der Waals surface area contributed by atoms with Crippen molar-refractivity contribution in [2.24, 2.45) is 0 Å². The van der Waals surface area contributed by atoms with E-state index in [0.717, 1.165) is 5.46 Å². The van der Waals surface area contributed by atoms with Crippen molar-refractivity contribution in [3.05, 3.63) is 78.6 Å². The summed E-state index contributed by atoms with van der Waals surface area (Å²) in [5, 5.41) is 3.01. The van der Waals surface area contributed by atoms with Gasteiger partial charge in [-0.05, 0) is 48.5 Å². The van der Waals surface area contributed by atoms with Gasteiger partial charge in [0.15, 0.2) is 11.6 Å². The lowest BCUT2D eigenvalue weighted by molar-refractivity contribution is 0.601. The maximum absolute atomic E-state index is 13.2. The molecule has 0 aliphatic rings. The van der Waals surface area contributed by atoms with Gasteiger partial charge in [0.1, 0.15) is 13.7 Å². The number of nitrogens with one attached hydrogen (secondary N) is 2. The Kier molecular flexibility index (Phi) is 4.90. The number of fused-ring (bicyclic) bond motifs is 1. The van der Waals surface area contributed by atoms with Crippen molar-refractivity contribution in [3.8, 4) is 0 Å². The molecule has 6 nitrogen and oxygen atoms in total. The number of para-hydroxylation sites is 2. The van der Waals surface area contributed by atoms with Crippen LogP contribution >= 0.6 is 0 Å². The van der Waals surface area contributed by atoms with E-state index in [-0.39, 0.29) is 22.3 Å². The number of hydrogen-bond donors (Lipinski definition) is 2. The van der Waals surface area contributed by atoms with Gasteiger partial charge in [0, 0.05) is 5.69 Å². The van der Waals surface area contributed by atoms with Crippen LogP contribution in [0.5, 0.6) is 0 Å². The molecule has 2 N–H and O–H groups in total. The molecule has 4 rings (SSSR count). The van der Waals surface area contributed by atoms with Gasteiger partial charge in [0.2, 0.25) is 0 Å². The average Bonchev–Trinajstić information content (AvgIpc) is 2.70. The summed E-state index contributed by atoms with van der Waals surface area (Å²) in [5.41, 5.74) is 2.63. The lowest BCUT2D eigenvalue weighted by Crippen LogP contribution is -2.16. The zero-order valence-corrected chi connectivity index (χ0v) is 16.2. The van der Waals surface area contributed by atoms with Gasteiger partial charge in [-0.15, -0.1) is 0 Å². The lowest BCUT2D eigenvalue weighted by atomic mass is 9.97. The standard InChI is InChI=1S/C20H16BFN4O2S/c21-13-5-11-16(12-6-13)29(27,28)26-20-19(23-15-9-7-14(22)8-10-15)24-17-3-1-2-4-18(17)25-20/h1-12H,21H2,(H,23,24)(H,25,26). The monoisotopic (exact) mass is 406 g/mol. The molecule has 1 aromatic heterocycles. The first-order chi connectivity index (χ1) is 13.9. The molecule has 0 saturated heterocycles. The van der Waals surface area contributed by atoms with Crippen LogP contribution in [0.25, 0.3) is 11.0 Å². The summed E-state index contributed by atoms with van der Waals surface area (Å²) in [5.74, 6) is -0.111. The Labute approximate surface area is 168 Å². The maximum Gasteiger partial charge on any atom is 0.263 e. The van der Waals surface area contributed by atoms with E-state index in [4.69, 9.17) is 0 Å². The number of nitrogens with zero attached hydrogens (tertiary/aromatic N) is 2. The fourth-order valence-electron chi connectivity index (χ4n) is 2.73. The normalized spacial score (nSPS) is 11.3. The molecular formula is C20H16BFN4O2S. The number of sulfonamides is 1. The van der Waals surface area contributed by atoms with Crippen molar-refractivity contribution in [3.63, 3.8) is 0 Å². The Morgan fingerprint density at radius 2 is 1.38 bits per heavy atom. The lowest BCUT2D eigenvalue weighted by Gasteiger charge is -2.14. The molecule has 0 amide bonds. The van der Waals surface area contributed by atoms with Gasteiger partial charge in [-0.2, -0.15) is 0 Å². The zero-order chi connectivity index (χ0) is 20.4. The smallest absolute Gasteiger partial charge is 0.263 e. The number of rotatable bonds is 5. The quantitative estimate of drug-likeness (QED) is 0.498. The molecule has 0 unspecified atom stereocenters. The average molecular weight is 406 g/mol. The minimum absolute atomic E-state index is 0.0496. The zero-order valence-electron chi connectivity index (χ0n) is 15.4. The van der Waals surface area contributed by atoms with Crippen LogP contribution in [0.3, 0.4) is 0 Å². The molecule has 144 valence electrons. The summed E-state index contributed by atoms with van der Waals surface area (Å²) in [6, 6.07) is 19.3. The van der Waals surface area contributed by atoms with Crippen molar-refractivity contribution in [2.75, 3.05) is 10.0 Å². The molecule has 0 spiro atoms. The predicted octanol–water partition coefficient (Wildman–Crippen LogP) is 2.57. The van der Waals surface area contributed by atoms with E-state index in [0.29, 0.717) is 16.7 Å². The molecule has 0 fully saturated rings. The highest BCUT2D eigenvalue weighted by Crippen LogP contribution is 2.27. The number of halogens is 1. The van der Waals surface area contributed by atoms with Crippen LogP contribution in [-0.4, -0.2) is 26.2 Å². The number of benzene rings is 3. The second-order valence-electron chi connectivity index (χ2n) is 6.46. The van der Waals surface area contributed by atoms with Crippen molar-refractivity contribution in [2.45, 2.75) is 4.90 Å². The van der Waals surface area contributed by atoms with Gasteiger partial charge in [-0.1, -0.05) is 29.7 Å². The number of aromatic nitrogens is 2. The highest BCUT2D eigenvalue weighted by Gasteiger charge is 2.19. The van der Waals surface area contributed by atoms with Crippen LogP contribution in [-0.2, 0) is 10.0 Å². The Bertz CT molecular complexity index is 1280. The van der Waals surface area contributed by atoms with E-state index in [1.165, 1.54) is 36.4 Å². The molecule has 0 aliphatic carbocycles. The van der Waals surface area contributed by atoms with Gasteiger partial charge < -0.3 is 5.32 Å². The Balaban J connectivity index is 1.77. The van der Waals surface area contributed by atoms with E-state index < -0.39 is 10.0 Å². The molecule has 0 saturated carbocycles. The molecule has 0 radical (unpaired) electrons. The largest absolute Gasteiger partial charge is 0.337 e. The number of hydrogen-bond acceptors (Lipinski definition) is 5. The van der Waals surface area contributed by atoms with Gasteiger partial charge in [0.25, 0.3) is 10.0 Å². The summed E-state index contributed by atoms with van der Waals surface area (Å²) < 4.78 is 41.4. The first-order valence-corrected chi connectivity index (χ1v) is 10.3. The summed E-state index contributed by atoms with van der Waals surface area (Å²) in [6.45, 7) is 0. The minimum atomic E-state index is -3.87. The van der Waals surface area contributed by atoms with E-state index in [2.05, 4.69) is 20.0 Å². The third-order valence-electron chi connectivity index (χ3n) is 4.24. The second-order valence-corrected chi connectivity index (χ2v) is 8.14. The third-order valence-corrected chi connectivity index (χ3v) is 5.59. The van der Waals surface area contributed by atoms with Crippen LogP contribution in [0.4, 0.5) is 21.7 Å². The SMILES string of the molecule is Bc1ccc(S(=O)(=O)Nc2nc3ccccc3nc2Nc2ccc(F)cc2)cc1. The highest BCUT2D eigenvalue weighted by atomic mass is 32.2. The molecule has 0 atom stereocenters. The Morgan fingerprint density at radius 3 is 2.00 bits per heavy atom. The predicted molar refractivity (Wildman–Crippen MR) is 115 cm³/mol. The summed E-state index contributed by atoms with van der Waals surface area (Å²) in [6.07, 6.45) is 0. The van der Waals surface area contributed by atoms with Gasteiger partial charge in [0.05, 0.1) is 15.9 Å². The molecule has 0 bridgehead atoms. The van der Waals surface area contributed by atoms with Crippen LogP contribution in [0.1, 0.15) is 0 Å². The highest BCUT2D eigenvalue weighted by molar-refractivity contribution is 7.92. The first kappa shape index (κ1) is 18.9. The van der Waals surface area contributed by atoms with E-state index in [1.54, 1.807) is 30.3 Å². The summed E-state index contributed by atoms with van der Waals surface area (Å²) in [7, 11) is -1.99. The van der Waals surface area contributed by atoms with Crippen molar-refractivity contribution >= 4 is 51.7 Å². The van der Waals surface area contributed by atoms with E-state index >= 15 is 0 Å². The maximum atomic E-state index is 13.2. The van der Waals surface area contributed by atoms with Crippen molar-refractivity contribution in [1.29, 1.82) is 0 Å². The molecule has 3 aromatic carbocycles. The van der Waals surface area contributed by atoms with Crippen LogP contribution < -0.4 is 15.5 Å². The first-order valence-electron chi connectivity index (χ1n) is 8.80. The molecule has 9 heteroatoms. The van der Waals surface area contributed by atoms with Gasteiger partial charge in [-0.25, -0.2) is 22.8 Å². The molecule has 4 aromatic rings. The minimum Gasteiger partial charge on any atom is -0.337 e. The second kappa shape index (κ2) is 7.52. The van der Waals surface area contributed by atoms with Crippen LogP contribution in [0.15, 0.2) is 77.7 Å². The van der Waals surface area contributed by atoms with E-state index in [9.17, 15) is 12.8 Å². The topological polar surface area (TPSA) is 84.0 Å². The fourth-order valence-corrected chi connectivity index (χ4v) is 3.74. The van der Waals surface area contributed by atoms with E-state index in [1.807, 2.05) is 13.9 Å². The van der Waals surface area contributed by atoms with Crippen molar-refractivity contribution in [1.82, 2.24) is 9.97 Å². The van der Waals surface area contributed by atoms with Gasteiger partial charge in [-0.3, -0.25) is 4.72 Å². The molecular weight excluding hydrogens is 390 g/mol. The summed E-state index contributed by atoms with van der Waals surface area (Å²) in [4.78, 5) is 9.03. The molecule has 29 heavy (non-hydrogen) atoms. The summed E-state index contributed by atoms with van der Waals surface area (Å²) >= 11 is 0. The molecule has 1 heterocycles. The fraction of sp³-hybridized carbons (Fsp3) is 0. The van der Waals surface area contributed by atoms with Crippen molar-refractivity contribution < 1.29 is 12.8 Å². The molecule has 0 aliphatic heterocycles. The van der Waals surface area contributed by atoms with Gasteiger partial charge >= 0.3 is 0 Å². The third kappa shape index (κ3) is 4.19. The Hall–Kier alpha value is -3.46.